The minimum absolute atomic E-state index is 0.113. The van der Waals surface area contributed by atoms with E-state index in [-0.39, 0.29) is 11.4 Å². The normalized spacial score (nSPS) is 18.8. The summed E-state index contributed by atoms with van der Waals surface area (Å²) in [7, 11) is 0. The summed E-state index contributed by atoms with van der Waals surface area (Å²) in [6, 6.07) is 0. The van der Waals surface area contributed by atoms with Crippen molar-refractivity contribution in [3.05, 3.63) is 0 Å². The van der Waals surface area contributed by atoms with Gasteiger partial charge in [0.05, 0.1) is 6.54 Å². The molecule has 0 aromatic heterocycles. The maximum atomic E-state index is 11.2. The molecular formula is C10H20N2O. The summed E-state index contributed by atoms with van der Waals surface area (Å²) in [5, 5.41) is 6.13. The maximum absolute atomic E-state index is 11.2. The molecule has 1 aliphatic carbocycles. The lowest BCUT2D eigenvalue weighted by Gasteiger charge is -2.12. The molecule has 1 aliphatic rings. The zero-order valence-corrected chi connectivity index (χ0v) is 8.81. The van der Waals surface area contributed by atoms with Crippen LogP contribution in [0.15, 0.2) is 0 Å². The monoisotopic (exact) mass is 184 g/mol. The topological polar surface area (TPSA) is 41.1 Å². The van der Waals surface area contributed by atoms with Gasteiger partial charge >= 0.3 is 0 Å². The Kier molecular flexibility index (Phi) is 3.31. The Bertz CT molecular complexity index is 185. The fourth-order valence-electron chi connectivity index (χ4n) is 1.04. The summed E-state index contributed by atoms with van der Waals surface area (Å²) in [5.41, 5.74) is 0.259. The minimum Gasteiger partial charge on any atom is -0.355 e. The maximum Gasteiger partial charge on any atom is 0.233 e. The number of nitrogens with one attached hydrogen (secondary N) is 2. The molecule has 0 bridgehead atoms. The average molecular weight is 184 g/mol. The first-order valence-electron chi connectivity index (χ1n) is 5.03. The predicted octanol–water partition coefficient (Wildman–Crippen LogP) is 0.901. The molecule has 3 nitrogen and oxygen atoms in total. The highest BCUT2D eigenvalue weighted by Gasteiger charge is 2.36. The number of carbonyl (C=O) groups is 1. The van der Waals surface area contributed by atoms with Gasteiger partial charge in [-0.3, -0.25) is 4.79 Å². The van der Waals surface area contributed by atoms with Gasteiger partial charge < -0.3 is 10.6 Å². The molecule has 0 atom stereocenters. The Balaban J connectivity index is 2.04. The Morgan fingerprint density at radius 3 is 2.54 bits per heavy atom. The number of amides is 1. The van der Waals surface area contributed by atoms with Crippen molar-refractivity contribution in [1.29, 1.82) is 0 Å². The molecule has 1 amide bonds. The molecule has 1 saturated carbocycles. The first kappa shape index (κ1) is 10.5. The van der Waals surface area contributed by atoms with E-state index >= 15 is 0 Å². The van der Waals surface area contributed by atoms with Gasteiger partial charge in [0.1, 0.15) is 0 Å². The lowest BCUT2D eigenvalue weighted by atomic mass is 10.2. The largest absolute Gasteiger partial charge is 0.355 e. The van der Waals surface area contributed by atoms with E-state index in [1.165, 1.54) is 12.8 Å². The van der Waals surface area contributed by atoms with Crippen molar-refractivity contribution in [1.82, 2.24) is 10.6 Å². The Morgan fingerprint density at radius 1 is 1.46 bits per heavy atom. The third-order valence-electron chi connectivity index (χ3n) is 2.38. The highest BCUT2D eigenvalue weighted by atomic mass is 16.1. The van der Waals surface area contributed by atoms with Gasteiger partial charge in [-0.15, -0.1) is 0 Å². The Hall–Kier alpha value is -0.570. The molecule has 76 valence electrons. The summed E-state index contributed by atoms with van der Waals surface area (Å²) in [4.78, 5) is 11.2. The molecule has 2 N–H and O–H groups in total. The molecular weight excluding hydrogens is 164 g/mol. The highest BCUT2D eigenvalue weighted by molar-refractivity contribution is 5.78. The summed E-state index contributed by atoms with van der Waals surface area (Å²) in [5.74, 6) is 0.641. The van der Waals surface area contributed by atoms with Crippen LogP contribution in [-0.4, -0.2) is 24.5 Å². The molecule has 1 fully saturated rings. The van der Waals surface area contributed by atoms with Gasteiger partial charge in [0, 0.05) is 12.1 Å². The van der Waals surface area contributed by atoms with Gasteiger partial charge in [0.2, 0.25) is 5.91 Å². The number of rotatable bonds is 5. The van der Waals surface area contributed by atoms with E-state index in [1.54, 1.807) is 0 Å². The predicted molar refractivity (Wildman–Crippen MR) is 53.5 cm³/mol. The van der Waals surface area contributed by atoms with E-state index in [1.807, 2.05) is 0 Å². The number of carbonyl (C=O) groups excluding carboxylic acids is 1. The van der Waals surface area contributed by atoms with E-state index < -0.39 is 0 Å². The second-order valence-corrected chi connectivity index (χ2v) is 4.61. The van der Waals surface area contributed by atoms with Gasteiger partial charge in [0.15, 0.2) is 0 Å². The quantitative estimate of drug-likeness (QED) is 0.666. The summed E-state index contributed by atoms with van der Waals surface area (Å²) >= 11 is 0. The second-order valence-electron chi connectivity index (χ2n) is 4.61. The summed E-state index contributed by atoms with van der Waals surface area (Å²) in [6.07, 6.45) is 2.40. The van der Waals surface area contributed by atoms with Crippen LogP contribution >= 0.6 is 0 Å². The lowest BCUT2D eigenvalue weighted by Crippen LogP contribution is -2.40. The fourth-order valence-corrected chi connectivity index (χ4v) is 1.04. The van der Waals surface area contributed by atoms with Crippen LogP contribution in [0, 0.1) is 5.92 Å². The van der Waals surface area contributed by atoms with Gasteiger partial charge in [0.25, 0.3) is 0 Å². The van der Waals surface area contributed by atoms with Crippen molar-refractivity contribution >= 4 is 5.91 Å². The van der Waals surface area contributed by atoms with Crippen molar-refractivity contribution in [2.75, 3.05) is 13.1 Å². The van der Waals surface area contributed by atoms with Gasteiger partial charge in [-0.05, 0) is 25.7 Å². The Labute approximate surface area is 80.3 Å². The molecule has 0 aliphatic heterocycles. The van der Waals surface area contributed by atoms with Crippen LogP contribution in [0.2, 0.25) is 0 Å². The molecule has 0 saturated heterocycles. The molecule has 0 spiro atoms. The van der Waals surface area contributed by atoms with Crippen LogP contribution in [0.1, 0.15) is 33.6 Å². The third kappa shape index (κ3) is 4.27. The van der Waals surface area contributed by atoms with Crippen LogP contribution in [-0.2, 0) is 4.79 Å². The van der Waals surface area contributed by atoms with Crippen LogP contribution in [0.25, 0.3) is 0 Å². The van der Waals surface area contributed by atoms with Crippen molar-refractivity contribution in [3.63, 3.8) is 0 Å². The van der Waals surface area contributed by atoms with Crippen molar-refractivity contribution in [2.45, 2.75) is 39.2 Å². The third-order valence-corrected chi connectivity index (χ3v) is 2.38. The van der Waals surface area contributed by atoms with Crippen molar-refractivity contribution < 1.29 is 4.79 Å². The number of hydrogen-bond donors (Lipinski definition) is 2. The van der Waals surface area contributed by atoms with Crippen LogP contribution in [0.4, 0.5) is 0 Å². The zero-order valence-electron chi connectivity index (χ0n) is 8.81. The first-order valence-corrected chi connectivity index (χ1v) is 5.03. The van der Waals surface area contributed by atoms with Crippen molar-refractivity contribution in [3.8, 4) is 0 Å². The zero-order chi connectivity index (χ0) is 9.90. The van der Waals surface area contributed by atoms with E-state index in [0.717, 1.165) is 6.54 Å². The van der Waals surface area contributed by atoms with E-state index in [0.29, 0.717) is 12.5 Å². The SMILES string of the molecule is CC(C)CNC(=O)CNC1(C)CC1. The molecule has 0 radical (unpaired) electrons. The Morgan fingerprint density at radius 2 is 2.08 bits per heavy atom. The van der Waals surface area contributed by atoms with Crippen LogP contribution in [0.5, 0.6) is 0 Å². The highest BCUT2D eigenvalue weighted by Crippen LogP contribution is 2.33. The standard InChI is InChI=1S/C10H20N2O/c1-8(2)6-11-9(13)7-12-10(3)4-5-10/h8,12H,4-7H2,1-3H3,(H,11,13). The fraction of sp³-hybridized carbons (Fsp3) is 0.900. The molecule has 13 heavy (non-hydrogen) atoms. The van der Waals surface area contributed by atoms with E-state index in [2.05, 4.69) is 31.4 Å². The molecule has 0 unspecified atom stereocenters. The molecule has 0 aromatic carbocycles. The molecule has 0 aromatic rings. The van der Waals surface area contributed by atoms with Gasteiger partial charge in [-0.2, -0.15) is 0 Å². The van der Waals surface area contributed by atoms with Crippen molar-refractivity contribution in [2.24, 2.45) is 5.92 Å². The van der Waals surface area contributed by atoms with E-state index in [4.69, 9.17) is 0 Å². The lowest BCUT2D eigenvalue weighted by molar-refractivity contribution is -0.120. The van der Waals surface area contributed by atoms with Gasteiger partial charge in [-0.25, -0.2) is 0 Å². The first-order chi connectivity index (χ1) is 6.02. The minimum atomic E-state index is 0.113. The average Bonchev–Trinajstić information content (AvgIpc) is 2.77. The van der Waals surface area contributed by atoms with Crippen LogP contribution in [0.3, 0.4) is 0 Å². The summed E-state index contributed by atoms with van der Waals surface area (Å²) < 4.78 is 0. The molecule has 3 heteroatoms. The second kappa shape index (κ2) is 4.09. The van der Waals surface area contributed by atoms with Gasteiger partial charge in [-0.1, -0.05) is 13.8 Å². The summed E-state index contributed by atoms with van der Waals surface area (Å²) in [6.45, 7) is 7.58. The van der Waals surface area contributed by atoms with E-state index in [9.17, 15) is 4.79 Å². The smallest absolute Gasteiger partial charge is 0.233 e. The molecule has 0 heterocycles. The number of hydrogen-bond acceptors (Lipinski definition) is 2. The van der Waals surface area contributed by atoms with Crippen LogP contribution < -0.4 is 10.6 Å². The molecule has 1 rings (SSSR count).